The van der Waals surface area contributed by atoms with Crippen molar-refractivity contribution in [2.24, 2.45) is 11.7 Å². The minimum atomic E-state index is -0.274. The van der Waals surface area contributed by atoms with E-state index in [1.54, 1.807) is 15.9 Å². The van der Waals surface area contributed by atoms with Crippen LogP contribution in [0, 0.1) is 5.92 Å². The summed E-state index contributed by atoms with van der Waals surface area (Å²) < 4.78 is 1.75. The molecule has 3 amide bonds. The number of nitrogens with one attached hydrogen (secondary N) is 1. The topological polar surface area (TPSA) is 106 Å². The number of nitrogens with two attached hydrogens (primary N) is 1. The number of benzene rings is 1. The first-order valence-electron chi connectivity index (χ1n) is 8.34. The Morgan fingerprint density at radius 3 is 2.68 bits per heavy atom. The van der Waals surface area contributed by atoms with Crippen LogP contribution < -0.4 is 11.1 Å². The molecule has 0 atom stereocenters. The zero-order valence-corrected chi connectivity index (χ0v) is 14.0. The van der Waals surface area contributed by atoms with E-state index in [1.807, 2.05) is 24.3 Å². The number of aromatic nitrogens is 3. The quantitative estimate of drug-likeness (QED) is 0.835. The maximum atomic E-state index is 12.3. The summed E-state index contributed by atoms with van der Waals surface area (Å²) in [6.45, 7) is 2.22. The number of likely N-dealkylation sites (tertiary alicyclic amines) is 1. The van der Waals surface area contributed by atoms with Gasteiger partial charge in [0, 0.05) is 25.6 Å². The van der Waals surface area contributed by atoms with Gasteiger partial charge in [-0.25, -0.2) is 14.5 Å². The fourth-order valence-electron chi connectivity index (χ4n) is 3.00. The molecule has 2 aromatic rings. The first-order valence-corrected chi connectivity index (χ1v) is 8.34. The molecule has 1 fully saturated rings. The zero-order chi connectivity index (χ0) is 17.6. The third-order valence-corrected chi connectivity index (χ3v) is 4.43. The molecule has 0 spiro atoms. The molecule has 8 nitrogen and oxygen atoms in total. The number of primary amides is 1. The fraction of sp³-hybridized carbons (Fsp3) is 0.412. The van der Waals surface area contributed by atoms with Crippen LogP contribution in [0.4, 0.5) is 4.79 Å². The minimum absolute atomic E-state index is 0.107. The molecule has 1 aromatic carbocycles. The molecular weight excluding hydrogens is 320 g/mol. The number of carbonyl (C=O) groups excluding carboxylic acids is 2. The lowest BCUT2D eigenvalue weighted by Gasteiger charge is -2.30. The van der Waals surface area contributed by atoms with E-state index in [9.17, 15) is 9.59 Å². The molecule has 0 unspecified atom stereocenters. The maximum absolute atomic E-state index is 12.3. The van der Waals surface area contributed by atoms with Gasteiger partial charge < -0.3 is 16.0 Å². The summed E-state index contributed by atoms with van der Waals surface area (Å²) in [6.07, 6.45) is 4.45. The van der Waals surface area contributed by atoms with Crippen molar-refractivity contribution in [3.8, 4) is 0 Å². The van der Waals surface area contributed by atoms with Crippen molar-refractivity contribution in [2.45, 2.75) is 25.9 Å². The van der Waals surface area contributed by atoms with Crippen LogP contribution in [-0.2, 0) is 17.9 Å². The highest BCUT2D eigenvalue weighted by molar-refractivity contribution is 5.78. The third-order valence-electron chi connectivity index (χ3n) is 4.43. The van der Waals surface area contributed by atoms with Crippen LogP contribution in [0.5, 0.6) is 0 Å². The smallest absolute Gasteiger partial charge is 0.317 e. The lowest BCUT2D eigenvalue weighted by atomic mass is 9.96. The summed E-state index contributed by atoms with van der Waals surface area (Å²) in [5, 5.41) is 7.03. The molecule has 0 radical (unpaired) electrons. The van der Waals surface area contributed by atoms with Gasteiger partial charge in [0.05, 0.1) is 6.54 Å². The van der Waals surface area contributed by atoms with Crippen LogP contribution in [0.1, 0.15) is 24.0 Å². The fourth-order valence-corrected chi connectivity index (χ4v) is 3.00. The van der Waals surface area contributed by atoms with Crippen molar-refractivity contribution in [2.75, 3.05) is 13.1 Å². The van der Waals surface area contributed by atoms with E-state index < -0.39 is 0 Å². The summed E-state index contributed by atoms with van der Waals surface area (Å²) >= 11 is 0. The molecule has 0 aliphatic carbocycles. The van der Waals surface area contributed by atoms with Crippen molar-refractivity contribution in [1.29, 1.82) is 0 Å². The van der Waals surface area contributed by atoms with E-state index in [4.69, 9.17) is 5.73 Å². The van der Waals surface area contributed by atoms with E-state index >= 15 is 0 Å². The molecule has 25 heavy (non-hydrogen) atoms. The number of urea groups is 1. The van der Waals surface area contributed by atoms with Crippen molar-refractivity contribution in [1.82, 2.24) is 25.0 Å². The molecule has 0 bridgehead atoms. The van der Waals surface area contributed by atoms with Gasteiger partial charge in [-0.3, -0.25) is 4.79 Å². The highest BCUT2D eigenvalue weighted by Gasteiger charge is 2.25. The minimum Gasteiger partial charge on any atom is -0.369 e. The Balaban J connectivity index is 1.50. The molecule has 3 N–H and O–H groups in total. The van der Waals surface area contributed by atoms with Crippen molar-refractivity contribution in [3.05, 3.63) is 48.0 Å². The first kappa shape index (κ1) is 16.9. The summed E-state index contributed by atoms with van der Waals surface area (Å²) in [7, 11) is 0. The predicted octanol–water partition coefficient (Wildman–Crippen LogP) is 0.733. The maximum Gasteiger partial charge on any atom is 0.317 e. The number of carbonyl (C=O) groups is 2. The van der Waals surface area contributed by atoms with E-state index in [1.165, 1.54) is 6.33 Å². The van der Waals surface area contributed by atoms with Gasteiger partial charge in [-0.2, -0.15) is 5.10 Å². The SMILES string of the molecule is NC(=O)C1CCN(C(=O)NCc2cccc(Cn3cncn3)c2)CC1. The highest BCUT2D eigenvalue weighted by atomic mass is 16.2. The third kappa shape index (κ3) is 4.56. The molecule has 3 rings (SSSR count). The first-order chi connectivity index (χ1) is 12.1. The number of nitrogens with zero attached hydrogens (tertiary/aromatic N) is 4. The lowest BCUT2D eigenvalue weighted by Crippen LogP contribution is -2.46. The van der Waals surface area contributed by atoms with Gasteiger partial charge in [0.2, 0.25) is 5.91 Å². The Morgan fingerprint density at radius 1 is 1.24 bits per heavy atom. The summed E-state index contributed by atoms with van der Waals surface area (Å²) in [6, 6.07) is 7.89. The average Bonchev–Trinajstić information content (AvgIpc) is 3.13. The lowest BCUT2D eigenvalue weighted by molar-refractivity contribution is -0.123. The molecule has 132 valence electrons. The average molecular weight is 342 g/mol. The molecule has 1 aliphatic heterocycles. The van der Waals surface area contributed by atoms with Crippen LogP contribution in [0.25, 0.3) is 0 Å². The Kier molecular flexibility index (Phi) is 5.27. The monoisotopic (exact) mass is 342 g/mol. The second-order valence-corrected chi connectivity index (χ2v) is 6.24. The van der Waals surface area contributed by atoms with Crippen LogP contribution in [0.15, 0.2) is 36.9 Å². The van der Waals surface area contributed by atoms with Gasteiger partial charge in [0.15, 0.2) is 0 Å². The molecule has 1 aliphatic rings. The molecule has 1 saturated heterocycles. The van der Waals surface area contributed by atoms with Gasteiger partial charge in [-0.05, 0) is 24.0 Å². The van der Waals surface area contributed by atoms with E-state index in [-0.39, 0.29) is 17.9 Å². The van der Waals surface area contributed by atoms with E-state index in [0.717, 1.165) is 11.1 Å². The van der Waals surface area contributed by atoms with Crippen LogP contribution in [0.2, 0.25) is 0 Å². The zero-order valence-electron chi connectivity index (χ0n) is 14.0. The van der Waals surface area contributed by atoms with Crippen LogP contribution in [0.3, 0.4) is 0 Å². The number of hydrogen-bond acceptors (Lipinski definition) is 4. The Labute approximate surface area is 146 Å². The molecule has 1 aromatic heterocycles. The number of piperidine rings is 1. The van der Waals surface area contributed by atoms with Crippen LogP contribution >= 0.6 is 0 Å². The van der Waals surface area contributed by atoms with Gasteiger partial charge in [0.1, 0.15) is 12.7 Å². The summed E-state index contributed by atoms with van der Waals surface area (Å²) in [4.78, 5) is 29.1. The number of hydrogen-bond donors (Lipinski definition) is 2. The van der Waals surface area contributed by atoms with Gasteiger partial charge in [0.25, 0.3) is 0 Å². The largest absolute Gasteiger partial charge is 0.369 e. The second kappa shape index (κ2) is 7.78. The number of rotatable bonds is 5. The van der Waals surface area contributed by atoms with Crippen molar-refractivity contribution < 1.29 is 9.59 Å². The van der Waals surface area contributed by atoms with Crippen LogP contribution in [-0.4, -0.2) is 44.7 Å². The van der Waals surface area contributed by atoms with Crippen molar-refractivity contribution in [3.63, 3.8) is 0 Å². The summed E-state index contributed by atoms with van der Waals surface area (Å²) in [5.74, 6) is -0.387. The molecule has 0 saturated carbocycles. The van der Waals surface area contributed by atoms with Gasteiger partial charge in [-0.15, -0.1) is 0 Å². The normalized spacial score (nSPS) is 15.1. The van der Waals surface area contributed by atoms with E-state index in [0.29, 0.717) is 39.0 Å². The van der Waals surface area contributed by atoms with Gasteiger partial charge >= 0.3 is 6.03 Å². The Bertz CT molecular complexity index is 722. The molecule has 8 heteroatoms. The molecule has 2 heterocycles. The molecular formula is C17H22N6O2. The standard InChI is InChI=1S/C17H22N6O2/c18-16(24)15-4-6-22(7-5-15)17(25)20-9-13-2-1-3-14(8-13)10-23-12-19-11-21-23/h1-3,8,11-12,15H,4-7,9-10H2,(H2,18,24)(H,20,25). The van der Waals surface area contributed by atoms with Gasteiger partial charge in [-0.1, -0.05) is 24.3 Å². The number of amides is 3. The Morgan fingerprint density at radius 2 is 2.00 bits per heavy atom. The highest BCUT2D eigenvalue weighted by Crippen LogP contribution is 2.16. The second-order valence-electron chi connectivity index (χ2n) is 6.24. The van der Waals surface area contributed by atoms with Crippen molar-refractivity contribution >= 4 is 11.9 Å². The van der Waals surface area contributed by atoms with E-state index in [2.05, 4.69) is 15.4 Å². The Hall–Kier alpha value is -2.90. The predicted molar refractivity (Wildman–Crippen MR) is 91.3 cm³/mol. The summed E-state index contributed by atoms with van der Waals surface area (Å²) in [5.41, 5.74) is 7.44.